The zero-order valence-electron chi connectivity index (χ0n) is 10.7. The van der Waals surface area contributed by atoms with E-state index in [1.54, 1.807) is 12.1 Å². The topological polar surface area (TPSA) is 92.9 Å². The van der Waals surface area contributed by atoms with E-state index in [2.05, 4.69) is 0 Å². The molecule has 1 saturated heterocycles. The van der Waals surface area contributed by atoms with Crippen molar-refractivity contribution < 1.29 is 19.4 Å². The van der Waals surface area contributed by atoms with Gasteiger partial charge in [-0.1, -0.05) is 11.6 Å². The van der Waals surface area contributed by atoms with Gasteiger partial charge in [0.15, 0.2) is 0 Å². The van der Waals surface area contributed by atoms with Crippen molar-refractivity contribution in [2.75, 3.05) is 24.6 Å². The monoisotopic (exact) mass is 298 g/mol. The molecule has 1 atom stereocenters. The Morgan fingerprint density at radius 2 is 2.25 bits per heavy atom. The first-order valence-corrected chi connectivity index (χ1v) is 6.53. The zero-order valence-corrected chi connectivity index (χ0v) is 11.5. The molecule has 0 saturated carbocycles. The Morgan fingerprint density at radius 1 is 1.50 bits per heavy atom. The average Bonchev–Trinajstić information content (AvgIpc) is 2.38. The third kappa shape index (κ3) is 3.40. The minimum Gasteiger partial charge on any atom is -0.481 e. The summed E-state index contributed by atoms with van der Waals surface area (Å²) in [6.07, 6.45) is -0.416. The van der Waals surface area contributed by atoms with E-state index in [0.29, 0.717) is 30.3 Å². The maximum Gasteiger partial charge on any atom is 0.306 e. The van der Waals surface area contributed by atoms with Crippen LogP contribution in [0.3, 0.4) is 0 Å². The van der Waals surface area contributed by atoms with Crippen LogP contribution in [0.25, 0.3) is 0 Å². The molecule has 6 nitrogen and oxygen atoms in total. The van der Waals surface area contributed by atoms with E-state index >= 15 is 0 Å². The molecule has 1 aromatic rings. The summed E-state index contributed by atoms with van der Waals surface area (Å²) in [7, 11) is 0. The summed E-state index contributed by atoms with van der Waals surface area (Å²) in [5, 5.41) is 9.21. The fourth-order valence-corrected chi connectivity index (χ4v) is 2.47. The van der Waals surface area contributed by atoms with E-state index in [0.717, 1.165) is 5.69 Å². The highest BCUT2D eigenvalue weighted by Gasteiger charge is 2.24. The van der Waals surface area contributed by atoms with Crippen LogP contribution in [0.5, 0.6) is 0 Å². The SMILES string of the molecule is NC(=O)c1ccc(N2CCOC(CC(=O)O)C2)c(Cl)c1. The molecule has 1 fully saturated rings. The molecular formula is C13H15ClN2O4. The van der Waals surface area contributed by atoms with Gasteiger partial charge in [0, 0.05) is 18.7 Å². The quantitative estimate of drug-likeness (QED) is 0.869. The van der Waals surface area contributed by atoms with Crippen LogP contribution in [0.2, 0.25) is 5.02 Å². The lowest BCUT2D eigenvalue weighted by molar-refractivity contribution is -0.140. The number of carbonyl (C=O) groups excluding carboxylic acids is 1. The molecule has 0 aliphatic carbocycles. The summed E-state index contributed by atoms with van der Waals surface area (Å²) >= 11 is 6.15. The highest BCUT2D eigenvalue weighted by molar-refractivity contribution is 6.33. The Labute approximate surface area is 121 Å². The molecule has 108 valence electrons. The summed E-state index contributed by atoms with van der Waals surface area (Å²) in [6.45, 7) is 1.50. The molecule has 1 unspecified atom stereocenters. The van der Waals surface area contributed by atoms with Crippen LogP contribution < -0.4 is 10.6 Å². The van der Waals surface area contributed by atoms with Gasteiger partial charge < -0.3 is 20.5 Å². The lowest BCUT2D eigenvalue weighted by Crippen LogP contribution is -2.43. The lowest BCUT2D eigenvalue weighted by atomic mass is 10.1. The predicted octanol–water partition coefficient (Wildman–Crippen LogP) is 1.12. The largest absolute Gasteiger partial charge is 0.481 e. The maximum absolute atomic E-state index is 11.1. The number of rotatable bonds is 4. The van der Waals surface area contributed by atoms with Gasteiger partial charge in [0.25, 0.3) is 0 Å². The first-order valence-electron chi connectivity index (χ1n) is 6.15. The summed E-state index contributed by atoms with van der Waals surface area (Å²) < 4.78 is 5.40. The third-order valence-electron chi connectivity index (χ3n) is 3.11. The van der Waals surface area contributed by atoms with Crippen molar-refractivity contribution in [2.45, 2.75) is 12.5 Å². The van der Waals surface area contributed by atoms with Crippen molar-refractivity contribution in [3.63, 3.8) is 0 Å². The second-order valence-electron chi connectivity index (χ2n) is 4.57. The smallest absolute Gasteiger partial charge is 0.306 e. The lowest BCUT2D eigenvalue weighted by Gasteiger charge is -2.34. The Morgan fingerprint density at radius 3 is 2.85 bits per heavy atom. The number of aliphatic carboxylic acids is 1. The molecule has 7 heteroatoms. The first kappa shape index (κ1) is 14.6. The van der Waals surface area contributed by atoms with Crippen LogP contribution in [0.4, 0.5) is 5.69 Å². The van der Waals surface area contributed by atoms with Gasteiger partial charge in [-0.2, -0.15) is 0 Å². The van der Waals surface area contributed by atoms with Crippen molar-refractivity contribution in [3.8, 4) is 0 Å². The number of carboxylic acids is 1. The molecule has 20 heavy (non-hydrogen) atoms. The summed E-state index contributed by atoms with van der Waals surface area (Å²) in [5.41, 5.74) is 6.28. The molecule has 1 aromatic carbocycles. The summed E-state index contributed by atoms with van der Waals surface area (Å²) in [6, 6.07) is 4.83. The summed E-state index contributed by atoms with van der Waals surface area (Å²) in [4.78, 5) is 23.7. The molecule has 2 rings (SSSR count). The summed E-state index contributed by atoms with van der Waals surface area (Å²) in [5.74, 6) is -1.43. The number of amides is 1. The Hall–Kier alpha value is -1.79. The number of halogens is 1. The van der Waals surface area contributed by atoms with Gasteiger partial charge in [0.05, 0.1) is 29.8 Å². The van der Waals surface area contributed by atoms with Crippen LogP contribution in [0.1, 0.15) is 16.8 Å². The van der Waals surface area contributed by atoms with Gasteiger partial charge in [-0.15, -0.1) is 0 Å². The highest BCUT2D eigenvalue weighted by atomic mass is 35.5. The van der Waals surface area contributed by atoms with E-state index in [1.807, 2.05) is 4.90 Å². The number of morpholine rings is 1. The molecular weight excluding hydrogens is 284 g/mol. The minimum atomic E-state index is -0.896. The van der Waals surface area contributed by atoms with Crippen LogP contribution in [-0.2, 0) is 9.53 Å². The van der Waals surface area contributed by atoms with Gasteiger partial charge in [0.1, 0.15) is 0 Å². The van der Waals surface area contributed by atoms with E-state index in [-0.39, 0.29) is 12.5 Å². The van der Waals surface area contributed by atoms with E-state index in [4.69, 9.17) is 27.2 Å². The molecule has 0 spiro atoms. The average molecular weight is 299 g/mol. The van der Waals surface area contributed by atoms with Crippen LogP contribution in [0.15, 0.2) is 18.2 Å². The number of primary amides is 1. The number of carbonyl (C=O) groups is 2. The van der Waals surface area contributed by atoms with Crippen molar-refractivity contribution in [2.24, 2.45) is 5.73 Å². The minimum absolute atomic E-state index is 0.0481. The Bertz CT molecular complexity index is 535. The second kappa shape index (κ2) is 6.11. The fraction of sp³-hybridized carbons (Fsp3) is 0.385. The first-order chi connectivity index (χ1) is 9.47. The van der Waals surface area contributed by atoms with Crippen LogP contribution in [-0.4, -0.2) is 42.8 Å². The van der Waals surface area contributed by atoms with Crippen molar-refractivity contribution in [3.05, 3.63) is 28.8 Å². The molecule has 1 amide bonds. The van der Waals surface area contributed by atoms with E-state index in [9.17, 15) is 9.59 Å². The number of hydrogen-bond acceptors (Lipinski definition) is 4. The number of benzene rings is 1. The number of carboxylic acid groups (broad SMARTS) is 1. The highest BCUT2D eigenvalue weighted by Crippen LogP contribution is 2.28. The normalized spacial score (nSPS) is 18.9. The van der Waals surface area contributed by atoms with E-state index in [1.165, 1.54) is 6.07 Å². The van der Waals surface area contributed by atoms with Gasteiger partial charge in [0.2, 0.25) is 5.91 Å². The van der Waals surface area contributed by atoms with Crippen molar-refractivity contribution in [1.82, 2.24) is 0 Å². The third-order valence-corrected chi connectivity index (χ3v) is 3.42. The molecule has 1 aliphatic heterocycles. The predicted molar refractivity (Wildman–Crippen MR) is 74.2 cm³/mol. The number of anilines is 1. The fourth-order valence-electron chi connectivity index (χ4n) is 2.17. The maximum atomic E-state index is 11.1. The molecule has 0 radical (unpaired) electrons. The molecule has 1 heterocycles. The standard InChI is InChI=1S/C13H15ClN2O4/c14-10-5-8(13(15)19)1-2-11(10)16-3-4-20-9(7-16)6-12(17)18/h1-2,5,9H,3-4,6-7H2,(H2,15,19)(H,17,18). The zero-order chi connectivity index (χ0) is 14.7. The van der Waals surface area contributed by atoms with E-state index < -0.39 is 11.9 Å². The number of ether oxygens (including phenoxy) is 1. The second-order valence-corrected chi connectivity index (χ2v) is 4.97. The van der Waals surface area contributed by atoms with Crippen LogP contribution in [0, 0.1) is 0 Å². The molecule has 0 bridgehead atoms. The van der Waals surface area contributed by atoms with Crippen molar-refractivity contribution >= 4 is 29.2 Å². The van der Waals surface area contributed by atoms with Gasteiger partial charge in [-0.3, -0.25) is 9.59 Å². The number of nitrogens with zero attached hydrogens (tertiary/aromatic N) is 1. The number of nitrogens with two attached hydrogens (primary N) is 1. The Balaban J connectivity index is 2.14. The van der Waals surface area contributed by atoms with Crippen molar-refractivity contribution in [1.29, 1.82) is 0 Å². The molecule has 1 aliphatic rings. The van der Waals surface area contributed by atoms with Gasteiger partial charge in [-0.25, -0.2) is 0 Å². The van der Waals surface area contributed by atoms with Gasteiger partial charge >= 0.3 is 5.97 Å². The van der Waals surface area contributed by atoms with Gasteiger partial charge in [-0.05, 0) is 18.2 Å². The Kier molecular flexibility index (Phi) is 4.46. The number of hydrogen-bond donors (Lipinski definition) is 2. The molecule has 3 N–H and O–H groups in total. The van der Waals surface area contributed by atoms with Crippen LogP contribution >= 0.6 is 11.6 Å². The molecule has 0 aromatic heterocycles.